The average molecular weight is 282 g/mol. The Morgan fingerprint density at radius 2 is 1.95 bits per heavy atom. The van der Waals surface area contributed by atoms with Crippen LogP contribution in [0.3, 0.4) is 0 Å². The second kappa shape index (κ2) is 7.48. The van der Waals surface area contributed by atoms with E-state index < -0.39 is 0 Å². The normalized spacial score (nSPS) is 16.3. The van der Waals surface area contributed by atoms with Gasteiger partial charge in [-0.05, 0) is 17.7 Å². The molecule has 1 heterocycles. The Balaban J connectivity index is 1.65. The lowest BCUT2D eigenvalue weighted by molar-refractivity contribution is -0.120. The molecule has 2 rings (SSSR count). The number of benzene rings is 1. The number of nitrogens with one attached hydrogen (secondary N) is 2. The Morgan fingerprint density at radius 3 is 2.63 bits per heavy atom. The minimum Gasteiger partial charge on any atom is -0.355 e. The minimum absolute atomic E-state index is 0.0671. The van der Waals surface area contributed by atoms with Crippen molar-refractivity contribution in [3.05, 3.63) is 34.9 Å². The molecule has 1 aliphatic rings. The third-order valence-corrected chi connectivity index (χ3v) is 3.49. The zero-order valence-electron chi connectivity index (χ0n) is 11.0. The molecule has 0 saturated carbocycles. The van der Waals surface area contributed by atoms with E-state index in [0.29, 0.717) is 18.0 Å². The average Bonchev–Trinajstić information content (AvgIpc) is 2.43. The summed E-state index contributed by atoms with van der Waals surface area (Å²) in [6.45, 7) is 5.85. The highest BCUT2D eigenvalue weighted by Gasteiger charge is 2.09. The molecule has 1 aromatic rings. The molecule has 104 valence electrons. The summed E-state index contributed by atoms with van der Waals surface area (Å²) in [5, 5.41) is 6.97. The Morgan fingerprint density at radius 1 is 1.26 bits per heavy atom. The molecule has 1 amide bonds. The van der Waals surface area contributed by atoms with E-state index in [2.05, 4.69) is 15.5 Å². The highest BCUT2D eigenvalue weighted by molar-refractivity contribution is 6.30. The predicted octanol–water partition coefficient (Wildman–Crippen LogP) is 0.904. The molecule has 0 atom stereocenters. The van der Waals surface area contributed by atoms with Crippen molar-refractivity contribution in [2.24, 2.45) is 0 Å². The summed E-state index contributed by atoms with van der Waals surface area (Å²) in [5.41, 5.74) is 0.990. The van der Waals surface area contributed by atoms with Crippen LogP contribution < -0.4 is 10.6 Å². The molecular formula is C14H20ClN3O. The van der Waals surface area contributed by atoms with Crippen LogP contribution in [0.4, 0.5) is 0 Å². The van der Waals surface area contributed by atoms with E-state index in [4.69, 9.17) is 11.6 Å². The Hall–Kier alpha value is -1.10. The molecule has 0 aliphatic carbocycles. The largest absolute Gasteiger partial charge is 0.355 e. The van der Waals surface area contributed by atoms with Gasteiger partial charge in [-0.1, -0.05) is 23.7 Å². The van der Waals surface area contributed by atoms with E-state index in [1.54, 1.807) is 0 Å². The number of hydrogen-bond acceptors (Lipinski definition) is 3. The maximum atomic E-state index is 11.8. The summed E-state index contributed by atoms with van der Waals surface area (Å²) in [7, 11) is 0. The van der Waals surface area contributed by atoms with Gasteiger partial charge in [-0.3, -0.25) is 9.69 Å². The third kappa shape index (κ3) is 5.19. The fourth-order valence-corrected chi connectivity index (χ4v) is 2.26. The van der Waals surface area contributed by atoms with Crippen LogP contribution in [0.15, 0.2) is 24.3 Å². The lowest BCUT2D eigenvalue weighted by atomic mass is 10.1. The van der Waals surface area contributed by atoms with Gasteiger partial charge in [0.2, 0.25) is 5.91 Å². The van der Waals surface area contributed by atoms with Crippen LogP contribution in [-0.4, -0.2) is 50.1 Å². The molecule has 0 unspecified atom stereocenters. The summed E-state index contributed by atoms with van der Waals surface area (Å²) in [6, 6.07) is 7.40. The molecule has 1 saturated heterocycles. The number of carbonyl (C=O) groups is 1. The number of rotatable bonds is 5. The van der Waals surface area contributed by atoms with Gasteiger partial charge in [0.1, 0.15) is 0 Å². The van der Waals surface area contributed by atoms with Crippen molar-refractivity contribution >= 4 is 17.5 Å². The lowest BCUT2D eigenvalue weighted by Crippen LogP contribution is -2.46. The summed E-state index contributed by atoms with van der Waals surface area (Å²) >= 11 is 5.81. The van der Waals surface area contributed by atoms with Crippen LogP contribution >= 0.6 is 11.6 Å². The number of amides is 1. The first-order valence-electron chi connectivity index (χ1n) is 6.68. The maximum absolute atomic E-state index is 11.8. The van der Waals surface area contributed by atoms with Crippen molar-refractivity contribution in [3.8, 4) is 0 Å². The van der Waals surface area contributed by atoms with Crippen molar-refractivity contribution in [2.75, 3.05) is 39.3 Å². The number of hydrogen-bond donors (Lipinski definition) is 2. The van der Waals surface area contributed by atoms with Gasteiger partial charge in [0.05, 0.1) is 6.42 Å². The molecule has 0 radical (unpaired) electrons. The predicted molar refractivity (Wildman–Crippen MR) is 77.5 cm³/mol. The Labute approximate surface area is 119 Å². The highest BCUT2D eigenvalue weighted by atomic mass is 35.5. The first kappa shape index (κ1) is 14.3. The van der Waals surface area contributed by atoms with Crippen molar-refractivity contribution in [1.82, 2.24) is 15.5 Å². The van der Waals surface area contributed by atoms with E-state index in [0.717, 1.165) is 38.3 Å². The van der Waals surface area contributed by atoms with E-state index in [1.165, 1.54) is 0 Å². The molecular weight excluding hydrogens is 262 g/mol. The fourth-order valence-electron chi connectivity index (χ4n) is 2.14. The van der Waals surface area contributed by atoms with Gasteiger partial charge >= 0.3 is 0 Å². The topological polar surface area (TPSA) is 44.4 Å². The first-order chi connectivity index (χ1) is 9.24. The van der Waals surface area contributed by atoms with Crippen molar-refractivity contribution in [3.63, 3.8) is 0 Å². The summed E-state index contributed by atoms with van der Waals surface area (Å²) < 4.78 is 0. The third-order valence-electron chi connectivity index (χ3n) is 3.24. The minimum atomic E-state index is 0.0671. The molecule has 1 fully saturated rings. The zero-order chi connectivity index (χ0) is 13.5. The zero-order valence-corrected chi connectivity index (χ0v) is 11.7. The molecule has 4 nitrogen and oxygen atoms in total. The van der Waals surface area contributed by atoms with Crippen LogP contribution in [0.2, 0.25) is 5.02 Å². The smallest absolute Gasteiger partial charge is 0.224 e. The molecule has 1 aromatic carbocycles. The molecule has 1 aliphatic heterocycles. The number of halogens is 1. The second-order valence-electron chi connectivity index (χ2n) is 4.74. The molecule has 0 aromatic heterocycles. The number of carbonyl (C=O) groups excluding carboxylic acids is 1. The van der Waals surface area contributed by atoms with E-state index in [9.17, 15) is 4.79 Å². The van der Waals surface area contributed by atoms with Crippen LogP contribution in [0.1, 0.15) is 5.56 Å². The van der Waals surface area contributed by atoms with Gasteiger partial charge in [0.25, 0.3) is 0 Å². The van der Waals surface area contributed by atoms with Gasteiger partial charge in [-0.25, -0.2) is 0 Å². The molecule has 2 N–H and O–H groups in total. The van der Waals surface area contributed by atoms with E-state index in [1.807, 2.05) is 24.3 Å². The highest BCUT2D eigenvalue weighted by Crippen LogP contribution is 2.09. The SMILES string of the molecule is O=C(Cc1ccc(Cl)cc1)NCCN1CCNCC1. The first-order valence-corrected chi connectivity index (χ1v) is 7.06. The monoisotopic (exact) mass is 281 g/mol. The summed E-state index contributed by atoms with van der Waals surface area (Å²) in [6.07, 6.45) is 0.415. The number of nitrogens with zero attached hydrogens (tertiary/aromatic N) is 1. The van der Waals surface area contributed by atoms with E-state index in [-0.39, 0.29) is 5.91 Å². The maximum Gasteiger partial charge on any atom is 0.224 e. The van der Waals surface area contributed by atoms with Crippen LogP contribution in [-0.2, 0) is 11.2 Å². The van der Waals surface area contributed by atoms with Gasteiger partial charge in [-0.2, -0.15) is 0 Å². The second-order valence-corrected chi connectivity index (χ2v) is 5.18. The summed E-state index contributed by atoms with van der Waals surface area (Å²) in [4.78, 5) is 14.1. The summed E-state index contributed by atoms with van der Waals surface area (Å²) in [5.74, 6) is 0.0671. The van der Waals surface area contributed by atoms with E-state index >= 15 is 0 Å². The molecule has 0 spiro atoms. The molecule has 0 bridgehead atoms. The Kier molecular flexibility index (Phi) is 5.63. The van der Waals surface area contributed by atoms with Gasteiger partial charge < -0.3 is 10.6 Å². The Bertz CT molecular complexity index is 402. The lowest BCUT2D eigenvalue weighted by Gasteiger charge is -2.27. The van der Waals surface area contributed by atoms with Crippen LogP contribution in [0.25, 0.3) is 0 Å². The van der Waals surface area contributed by atoms with Crippen molar-refractivity contribution in [1.29, 1.82) is 0 Å². The van der Waals surface area contributed by atoms with Crippen molar-refractivity contribution in [2.45, 2.75) is 6.42 Å². The standard InChI is InChI=1S/C14H20ClN3O/c15-13-3-1-12(2-4-13)11-14(19)17-7-10-18-8-5-16-6-9-18/h1-4,16H,5-11H2,(H,17,19). The van der Waals surface area contributed by atoms with Crippen molar-refractivity contribution < 1.29 is 4.79 Å². The quantitative estimate of drug-likeness (QED) is 0.843. The molecule has 19 heavy (non-hydrogen) atoms. The van der Waals surface area contributed by atoms with Gasteiger partial charge in [0.15, 0.2) is 0 Å². The molecule has 5 heteroatoms. The van der Waals surface area contributed by atoms with Gasteiger partial charge in [0, 0.05) is 44.3 Å². The van der Waals surface area contributed by atoms with Gasteiger partial charge in [-0.15, -0.1) is 0 Å². The van der Waals surface area contributed by atoms with Crippen LogP contribution in [0, 0.1) is 0 Å². The number of piperazine rings is 1. The fraction of sp³-hybridized carbons (Fsp3) is 0.500. The van der Waals surface area contributed by atoms with Crippen LogP contribution in [0.5, 0.6) is 0 Å².